The molecular formula is C14H18N4S2. The molecule has 4 nitrogen and oxygen atoms in total. The highest BCUT2D eigenvalue weighted by atomic mass is 33.1. The van der Waals surface area contributed by atoms with Crippen LogP contribution in [0.2, 0.25) is 0 Å². The number of nitrogens with zero attached hydrogens (tertiary/aromatic N) is 2. The fraction of sp³-hybridized carbons (Fsp3) is 0.286. The largest absolute Gasteiger partial charge is 0.330 e. The van der Waals surface area contributed by atoms with Crippen molar-refractivity contribution >= 4 is 21.6 Å². The molecule has 2 heterocycles. The van der Waals surface area contributed by atoms with Gasteiger partial charge in [0.05, 0.1) is 11.4 Å². The maximum Gasteiger partial charge on any atom is 0.0560 e. The first-order chi connectivity index (χ1) is 9.85. The van der Waals surface area contributed by atoms with Gasteiger partial charge in [0.15, 0.2) is 0 Å². The summed E-state index contributed by atoms with van der Waals surface area (Å²) in [6.45, 7) is 1.22. The minimum atomic E-state index is 0.612. The Balaban J connectivity index is 2.09. The van der Waals surface area contributed by atoms with Crippen LogP contribution in [0.15, 0.2) is 46.5 Å². The molecule has 0 aliphatic rings. The van der Waals surface area contributed by atoms with E-state index in [1.54, 1.807) is 21.6 Å². The fourth-order valence-corrected chi connectivity index (χ4v) is 4.14. The lowest BCUT2D eigenvalue weighted by molar-refractivity contribution is 0.892. The molecule has 4 N–H and O–H groups in total. The highest BCUT2D eigenvalue weighted by molar-refractivity contribution is 8.76. The van der Waals surface area contributed by atoms with Gasteiger partial charge >= 0.3 is 0 Å². The first kappa shape index (κ1) is 15.3. The van der Waals surface area contributed by atoms with Crippen molar-refractivity contribution in [3.63, 3.8) is 0 Å². The molecule has 0 aliphatic heterocycles. The van der Waals surface area contributed by atoms with Gasteiger partial charge in [-0.3, -0.25) is 9.97 Å². The van der Waals surface area contributed by atoms with Crippen LogP contribution >= 0.6 is 21.6 Å². The van der Waals surface area contributed by atoms with E-state index in [-0.39, 0.29) is 0 Å². The van der Waals surface area contributed by atoms with Crippen molar-refractivity contribution < 1.29 is 0 Å². The second-order valence-electron chi connectivity index (χ2n) is 4.14. The molecule has 6 heteroatoms. The van der Waals surface area contributed by atoms with Crippen molar-refractivity contribution in [2.45, 2.75) is 22.6 Å². The summed E-state index contributed by atoms with van der Waals surface area (Å²) in [4.78, 5) is 11.1. The normalized spacial score (nSPS) is 10.7. The third-order valence-electron chi connectivity index (χ3n) is 2.68. The Labute approximate surface area is 127 Å². The smallest absolute Gasteiger partial charge is 0.0560 e. The van der Waals surface area contributed by atoms with E-state index in [1.807, 2.05) is 24.5 Å². The van der Waals surface area contributed by atoms with Crippen molar-refractivity contribution in [1.29, 1.82) is 0 Å². The van der Waals surface area contributed by atoms with Crippen LogP contribution in [0.5, 0.6) is 0 Å². The molecule has 2 aromatic rings. The summed E-state index contributed by atoms with van der Waals surface area (Å²) in [5, 5.41) is 0. The van der Waals surface area contributed by atoms with E-state index in [0.717, 1.165) is 34.0 Å². The first-order valence-corrected chi connectivity index (χ1v) is 8.62. The van der Waals surface area contributed by atoms with Crippen LogP contribution in [0, 0.1) is 0 Å². The maximum atomic E-state index is 5.62. The molecule has 0 aliphatic carbocycles. The van der Waals surface area contributed by atoms with E-state index in [2.05, 4.69) is 22.1 Å². The summed E-state index contributed by atoms with van der Waals surface area (Å²) >= 11 is 0. The van der Waals surface area contributed by atoms with E-state index in [1.165, 1.54) is 0 Å². The number of aromatic nitrogens is 2. The second-order valence-corrected chi connectivity index (χ2v) is 6.35. The molecule has 0 bridgehead atoms. The van der Waals surface area contributed by atoms with Crippen LogP contribution in [-0.4, -0.2) is 23.1 Å². The number of hydrogen-bond acceptors (Lipinski definition) is 6. The summed E-state index contributed by atoms with van der Waals surface area (Å²) in [5.74, 6) is 0. The van der Waals surface area contributed by atoms with Gasteiger partial charge in [0.25, 0.3) is 0 Å². The molecule has 0 aromatic carbocycles. The topological polar surface area (TPSA) is 77.8 Å². The lowest BCUT2D eigenvalue weighted by atomic mass is 10.3. The number of nitrogens with two attached hydrogens (primary N) is 2. The molecule has 0 amide bonds. The SMILES string of the molecule is NCCc1ncccc1SSc1cccnc1CCN. The zero-order valence-corrected chi connectivity index (χ0v) is 12.8. The highest BCUT2D eigenvalue weighted by Crippen LogP contribution is 2.39. The van der Waals surface area contributed by atoms with Gasteiger partial charge in [-0.2, -0.15) is 0 Å². The van der Waals surface area contributed by atoms with Crippen LogP contribution in [0.3, 0.4) is 0 Å². The summed E-state index contributed by atoms with van der Waals surface area (Å²) < 4.78 is 0. The average molecular weight is 306 g/mol. The first-order valence-electron chi connectivity index (χ1n) is 6.47. The van der Waals surface area contributed by atoms with E-state index in [4.69, 9.17) is 11.5 Å². The molecule has 0 unspecified atom stereocenters. The Morgan fingerprint density at radius 1 is 0.800 bits per heavy atom. The molecular weight excluding hydrogens is 288 g/mol. The van der Waals surface area contributed by atoms with E-state index in [9.17, 15) is 0 Å². The van der Waals surface area contributed by atoms with Crippen LogP contribution in [0.25, 0.3) is 0 Å². The molecule has 0 saturated carbocycles. The van der Waals surface area contributed by atoms with Crippen LogP contribution < -0.4 is 11.5 Å². The van der Waals surface area contributed by atoms with Crippen molar-refractivity contribution in [1.82, 2.24) is 9.97 Å². The van der Waals surface area contributed by atoms with Gasteiger partial charge in [0.2, 0.25) is 0 Å². The molecule has 0 fully saturated rings. The third-order valence-corrected chi connectivity index (χ3v) is 5.19. The summed E-state index contributed by atoms with van der Waals surface area (Å²) in [6.07, 6.45) is 5.21. The molecule has 20 heavy (non-hydrogen) atoms. The Kier molecular flexibility index (Phi) is 6.32. The quantitative estimate of drug-likeness (QED) is 0.764. The van der Waals surface area contributed by atoms with Crippen LogP contribution in [-0.2, 0) is 12.8 Å². The van der Waals surface area contributed by atoms with Crippen LogP contribution in [0.4, 0.5) is 0 Å². The minimum Gasteiger partial charge on any atom is -0.330 e. The average Bonchev–Trinajstić information content (AvgIpc) is 2.48. The third kappa shape index (κ3) is 4.21. The molecule has 0 saturated heterocycles. The maximum absolute atomic E-state index is 5.62. The summed E-state index contributed by atoms with van der Waals surface area (Å²) in [5.41, 5.74) is 13.3. The molecule has 0 spiro atoms. The minimum absolute atomic E-state index is 0.612. The van der Waals surface area contributed by atoms with Gasteiger partial charge in [0, 0.05) is 35.0 Å². The molecule has 0 atom stereocenters. The summed E-state index contributed by atoms with van der Waals surface area (Å²) in [6, 6.07) is 8.06. The monoisotopic (exact) mass is 306 g/mol. The number of pyridine rings is 2. The van der Waals surface area contributed by atoms with Gasteiger partial charge in [-0.1, -0.05) is 21.6 Å². The Bertz CT molecular complexity index is 499. The van der Waals surface area contributed by atoms with Crippen molar-refractivity contribution in [3.05, 3.63) is 48.0 Å². The zero-order valence-electron chi connectivity index (χ0n) is 11.2. The molecule has 106 valence electrons. The van der Waals surface area contributed by atoms with E-state index in [0.29, 0.717) is 13.1 Å². The zero-order chi connectivity index (χ0) is 14.2. The highest BCUT2D eigenvalue weighted by Gasteiger charge is 2.08. The van der Waals surface area contributed by atoms with E-state index < -0.39 is 0 Å². The Morgan fingerprint density at radius 2 is 1.25 bits per heavy atom. The van der Waals surface area contributed by atoms with Gasteiger partial charge in [-0.15, -0.1) is 0 Å². The number of hydrogen-bond donors (Lipinski definition) is 2. The Hall–Kier alpha value is -1.08. The van der Waals surface area contributed by atoms with E-state index >= 15 is 0 Å². The van der Waals surface area contributed by atoms with Gasteiger partial charge in [-0.05, 0) is 37.4 Å². The standard InChI is InChI=1S/C14H18N4S2/c15-7-5-11-13(3-1-9-17-11)19-20-14-4-2-10-18-12(14)6-8-16/h1-4,9-10H,5-8,15-16H2. The fourth-order valence-electron chi connectivity index (χ4n) is 1.74. The van der Waals surface area contributed by atoms with Crippen molar-refractivity contribution in [2.75, 3.05) is 13.1 Å². The molecule has 0 radical (unpaired) electrons. The molecule has 2 aromatic heterocycles. The second kappa shape index (κ2) is 8.26. The predicted molar refractivity (Wildman–Crippen MR) is 85.7 cm³/mol. The van der Waals surface area contributed by atoms with Gasteiger partial charge in [-0.25, -0.2) is 0 Å². The molecule has 2 rings (SSSR count). The van der Waals surface area contributed by atoms with Crippen LogP contribution in [0.1, 0.15) is 11.4 Å². The predicted octanol–water partition coefficient (Wildman–Crippen LogP) is 2.28. The van der Waals surface area contributed by atoms with Crippen molar-refractivity contribution in [2.24, 2.45) is 11.5 Å². The lowest BCUT2D eigenvalue weighted by Gasteiger charge is -2.08. The van der Waals surface area contributed by atoms with Crippen molar-refractivity contribution in [3.8, 4) is 0 Å². The summed E-state index contributed by atoms with van der Waals surface area (Å²) in [7, 11) is 3.40. The number of rotatable bonds is 7. The van der Waals surface area contributed by atoms with Gasteiger partial charge in [0.1, 0.15) is 0 Å². The lowest BCUT2D eigenvalue weighted by Crippen LogP contribution is -2.05. The van der Waals surface area contributed by atoms with Gasteiger partial charge < -0.3 is 11.5 Å². The Morgan fingerprint density at radius 3 is 1.65 bits per heavy atom.